The summed E-state index contributed by atoms with van der Waals surface area (Å²) >= 11 is 0. The molecule has 4 rings (SSSR count). The average Bonchev–Trinajstić information content (AvgIpc) is 2.86. The Hall–Kier alpha value is -2.88. The predicted octanol–water partition coefficient (Wildman–Crippen LogP) is 4.35. The fourth-order valence-corrected chi connectivity index (χ4v) is 3.29. The third kappa shape index (κ3) is 2.40. The van der Waals surface area contributed by atoms with Crippen molar-refractivity contribution in [3.8, 4) is 0 Å². The summed E-state index contributed by atoms with van der Waals surface area (Å²) in [7, 11) is 1.95. The standard InChI is InChI=1S/C20H20N4/c1-13-7-6-8-15(11-13)12-21-19-16-9-4-5-10-17(16)22-20-18(19)14(2)23-24(20)3/h4-11H,12H2,1-3H3,(H,21,22). The van der Waals surface area contributed by atoms with E-state index in [2.05, 4.69) is 59.8 Å². The molecule has 2 aromatic heterocycles. The van der Waals surface area contributed by atoms with Crippen LogP contribution in [0.4, 0.5) is 5.69 Å². The molecule has 0 aliphatic heterocycles. The molecule has 0 amide bonds. The summed E-state index contributed by atoms with van der Waals surface area (Å²) in [5, 5.41) is 10.4. The molecule has 4 heteroatoms. The molecular weight excluding hydrogens is 296 g/mol. The fraction of sp³-hybridized carbons (Fsp3) is 0.200. The zero-order valence-corrected chi connectivity index (χ0v) is 14.2. The second-order valence-corrected chi connectivity index (χ2v) is 6.25. The van der Waals surface area contributed by atoms with Gasteiger partial charge in [0.25, 0.3) is 0 Å². The quantitative estimate of drug-likeness (QED) is 0.611. The molecule has 4 nitrogen and oxygen atoms in total. The second-order valence-electron chi connectivity index (χ2n) is 6.25. The van der Waals surface area contributed by atoms with Crippen LogP contribution < -0.4 is 5.32 Å². The van der Waals surface area contributed by atoms with Crippen LogP contribution >= 0.6 is 0 Å². The first-order valence-corrected chi connectivity index (χ1v) is 8.15. The lowest BCUT2D eigenvalue weighted by atomic mass is 10.1. The highest BCUT2D eigenvalue weighted by Gasteiger charge is 2.15. The second kappa shape index (κ2) is 5.64. The lowest BCUT2D eigenvalue weighted by molar-refractivity contribution is 0.775. The molecule has 0 saturated heterocycles. The fourth-order valence-electron chi connectivity index (χ4n) is 3.29. The molecule has 0 atom stereocenters. The van der Waals surface area contributed by atoms with E-state index in [-0.39, 0.29) is 0 Å². The SMILES string of the molecule is Cc1cccc(CNc2c3ccccc3nc3c2c(C)nn3C)c1. The van der Waals surface area contributed by atoms with Gasteiger partial charge in [0, 0.05) is 19.0 Å². The van der Waals surface area contributed by atoms with Gasteiger partial charge in [-0.3, -0.25) is 4.68 Å². The molecule has 1 N–H and O–H groups in total. The van der Waals surface area contributed by atoms with Gasteiger partial charge in [-0.25, -0.2) is 4.98 Å². The first-order chi connectivity index (χ1) is 11.6. The average molecular weight is 316 g/mol. The van der Waals surface area contributed by atoms with Gasteiger partial charge in [0.05, 0.1) is 22.3 Å². The molecule has 0 aliphatic carbocycles. The molecule has 0 spiro atoms. The molecule has 0 bridgehead atoms. The third-order valence-electron chi connectivity index (χ3n) is 4.39. The van der Waals surface area contributed by atoms with Crippen molar-refractivity contribution >= 4 is 27.6 Å². The van der Waals surface area contributed by atoms with Crippen LogP contribution in [0.5, 0.6) is 0 Å². The van der Waals surface area contributed by atoms with Crippen molar-refractivity contribution in [3.05, 3.63) is 65.4 Å². The van der Waals surface area contributed by atoms with Gasteiger partial charge in [-0.2, -0.15) is 5.10 Å². The number of anilines is 1. The number of nitrogens with zero attached hydrogens (tertiary/aromatic N) is 3. The van der Waals surface area contributed by atoms with Crippen LogP contribution in [-0.2, 0) is 13.6 Å². The van der Waals surface area contributed by atoms with E-state index in [1.54, 1.807) is 0 Å². The molecule has 0 fully saturated rings. The number of para-hydroxylation sites is 1. The molecule has 24 heavy (non-hydrogen) atoms. The van der Waals surface area contributed by atoms with Crippen LogP contribution in [-0.4, -0.2) is 14.8 Å². The topological polar surface area (TPSA) is 42.7 Å². The normalized spacial score (nSPS) is 11.3. The Morgan fingerprint density at radius 3 is 2.71 bits per heavy atom. The van der Waals surface area contributed by atoms with Crippen LogP contribution in [0.25, 0.3) is 21.9 Å². The number of pyridine rings is 1. The van der Waals surface area contributed by atoms with E-state index < -0.39 is 0 Å². The summed E-state index contributed by atoms with van der Waals surface area (Å²) in [5.74, 6) is 0. The summed E-state index contributed by atoms with van der Waals surface area (Å²) in [6.07, 6.45) is 0. The molecule has 2 aromatic carbocycles. The van der Waals surface area contributed by atoms with Crippen molar-refractivity contribution in [3.63, 3.8) is 0 Å². The molecule has 0 radical (unpaired) electrons. The number of aromatic nitrogens is 3. The van der Waals surface area contributed by atoms with E-state index in [0.717, 1.165) is 39.9 Å². The number of nitrogens with one attached hydrogen (secondary N) is 1. The number of aryl methyl sites for hydroxylation is 3. The Balaban J connectivity index is 1.87. The summed E-state index contributed by atoms with van der Waals surface area (Å²) in [6, 6.07) is 16.8. The van der Waals surface area contributed by atoms with Gasteiger partial charge in [-0.05, 0) is 25.5 Å². The van der Waals surface area contributed by atoms with E-state index >= 15 is 0 Å². The van der Waals surface area contributed by atoms with Crippen LogP contribution in [0.2, 0.25) is 0 Å². The van der Waals surface area contributed by atoms with Crippen LogP contribution in [0.3, 0.4) is 0 Å². The van der Waals surface area contributed by atoms with Gasteiger partial charge in [-0.15, -0.1) is 0 Å². The molecule has 2 heterocycles. The van der Waals surface area contributed by atoms with E-state index in [4.69, 9.17) is 4.98 Å². The van der Waals surface area contributed by atoms with Crippen molar-refractivity contribution < 1.29 is 0 Å². The molecule has 4 aromatic rings. The Morgan fingerprint density at radius 1 is 1.04 bits per heavy atom. The zero-order valence-electron chi connectivity index (χ0n) is 14.2. The van der Waals surface area contributed by atoms with Crippen LogP contribution in [0.1, 0.15) is 16.8 Å². The van der Waals surface area contributed by atoms with Crippen molar-refractivity contribution in [1.82, 2.24) is 14.8 Å². The first-order valence-electron chi connectivity index (χ1n) is 8.15. The van der Waals surface area contributed by atoms with Gasteiger partial charge in [0.15, 0.2) is 5.65 Å². The number of hydrogen-bond donors (Lipinski definition) is 1. The van der Waals surface area contributed by atoms with Crippen molar-refractivity contribution in [1.29, 1.82) is 0 Å². The summed E-state index contributed by atoms with van der Waals surface area (Å²) in [4.78, 5) is 4.79. The maximum absolute atomic E-state index is 4.79. The number of fused-ring (bicyclic) bond motifs is 2. The van der Waals surface area contributed by atoms with E-state index in [9.17, 15) is 0 Å². The largest absolute Gasteiger partial charge is 0.380 e. The monoisotopic (exact) mass is 316 g/mol. The highest BCUT2D eigenvalue weighted by atomic mass is 15.3. The minimum Gasteiger partial charge on any atom is -0.380 e. The van der Waals surface area contributed by atoms with Crippen LogP contribution in [0, 0.1) is 13.8 Å². The molecule has 120 valence electrons. The number of rotatable bonds is 3. The number of hydrogen-bond acceptors (Lipinski definition) is 3. The Kier molecular flexibility index (Phi) is 3.45. The van der Waals surface area contributed by atoms with E-state index in [1.807, 2.05) is 24.7 Å². The maximum atomic E-state index is 4.79. The lowest BCUT2D eigenvalue weighted by Gasteiger charge is -2.12. The van der Waals surface area contributed by atoms with Gasteiger partial charge in [0.2, 0.25) is 0 Å². The Labute approximate surface area is 141 Å². The Morgan fingerprint density at radius 2 is 1.88 bits per heavy atom. The van der Waals surface area contributed by atoms with Gasteiger partial charge in [0.1, 0.15) is 0 Å². The van der Waals surface area contributed by atoms with Gasteiger partial charge in [-0.1, -0.05) is 48.0 Å². The predicted molar refractivity (Wildman–Crippen MR) is 99.3 cm³/mol. The van der Waals surface area contributed by atoms with Gasteiger partial charge >= 0.3 is 0 Å². The van der Waals surface area contributed by atoms with E-state index in [0.29, 0.717) is 0 Å². The zero-order chi connectivity index (χ0) is 16.7. The van der Waals surface area contributed by atoms with Crippen molar-refractivity contribution in [2.45, 2.75) is 20.4 Å². The smallest absolute Gasteiger partial charge is 0.160 e. The summed E-state index contributed by atoms with van der Waals surface area (Å²) in [5.41, 5.74) is 6.56. The highest BCUT2D eigenvalue weighted by Crippen LogP contribution is 2.32. The maximum Gasteiger partial charge on any atom is 0.160 e. The minimum absolute atomic E-state index is 0.777. The third-order valence-corrected chi connectivity index (χ3v) is 4.39. The van der Waals surface area contributed by atoms with Crippen molar-refractivity contribution in [2.24, 2.45) is 7.05 Å². The highest BCUT2D eigenvalue weighted by molar-refractivity contribution is 6.07. The first kappa shape index (κ1) is 14.7. The molecular formula is C20H20N4. The molecule has 0 unspecified atom stereocenters. The lowest BCUT2D eigenvalue weighted by Crippen LogP contribution is -2.02. The molecule has 0 saturated carbocycles. The van der Waals surface area contributed by atoms with Crippen LogP contribution in [0.15, 0.2) is 48.5 Å². The molecule has 0 aliphatic rings. The van der Waals surface area contributed by atoms with Gasteiger partial charge < -0.3 is 5.32 Å². The summed E-state index contributed by atoms with van der Waals surface area (Å²) in [6.45, 7) is 4.94. The minimum atomic E-state index is 0.777. The van der Waals surface area contributed by atoms with E-state index in [1.165, 1.54) is 11.1 Å². The Bertz CT molecular complexity index is 1050. The number of benzene rings is 2. The summed E-state index contributed by atoms with van der Waals surface area (Å²) < 4.78 is 1.86. The van der Waals surface area contributed by atoms with Crippen molar-refractivity contribution in [2.75, 3.05) is 5.32 Å².